The molecular formula is C29H28N2O3. The number of carbonyl (C=O) groups is 2. The smallest absolute Gasteiger partial charge is 0.261 e. The molecule has 0 spiro atoms. The molecule has 3 aromatic carbocycles. The van der Waals surface area contributed by atoms with Gasteiger partial charge >= 0.3 is 0 Å². The summed E-state index contributed by atoms with van der Waals surface area (Å²) in [5.74, 6) is 0.556. The second kappa shape index (κ2) is 9.96. The Morgan fingerprint density at radius 3 is 2.09 bits per heavy atom. The van der Waals surface area contributed by atoms with E-state index in [4.69, 9.17) is 4.74 Å². The van der Waals surface area contributed by atoms with E-state index in [-0.39, 0.29) is 11.8 Å². The summed E-state index contributed by atoms with van der Waals surface area (Å²) in [5.41, 5.74) is 3.42. The minimum atomic E-state index is -0.161. The zero-order chi connectivity index (χ0) is 23.3. The molecular weight excluding hydrogens is 424 g/mol. The van der Waals surface area contributed by atoms with Crippen LogP contribution >= 0.6 is 0 Å². The van der Waals surface area contributed by atoms with Gasteiger partial charge in [-0.15, -0.1) is 0 Å². The molecule has 172 valence electrons. The predicted molar refractivity (Wildman–Crippen MR) is 133 cm³/mol. The second-order valence-electron chi connectivity index (χ2n) is 8.73. The first-order chi connectivity index (χ1) is 16.7. The topological polar surface area (TPSA) is 51.5 Å². The van der Waals surface area contributed by atoms with Gasteiger partial charge in [-0.25, -0.2) is 0 Å². The van der Waals surface area contributed by atoms with Gasteiger partial charge in [-0.3, -0.25) is 14.5 Å². The number of amides is 2. The summed E-state index contributed by atoms with van der Waals surface area (Å²) in [5, 5.41) is 1.18. The van der Waals surface area contributed by atoms with Crippen LogP contribution in [0.2, 0.25) is 0 Å². The van der Waals surface area contributed by atoms with Crippen LogP contribution in [-0.4, -0.2) is 27.8 Å². The van der Waals surface area contributed by atoms with Gasteiger partial charge in [0.15, 0.2) is 0 Å². The first-order valence-corrected chi connectivity index (χ1v) is 11.9. The zero-order valence-corrected chi connectivity index (χ0v) is 19.2. The highest BCUT2D eigenvalue weighted by molar-refractivity contribution is 6.21. The molecule has 0 saturated heterocycles. The number of hydrogen-bond acceptors (Lipinski definition) is 3. The summed E-state index contributed by atoms with van der Waals surface area (Å²) in [6.07, 6.45) is 6.06. The van der Waals surface area contributed by atoms with E-state index in [1.165, 1.54) is 15.8 Å². The van der Waals surface area contributed by atoms with E-state index in [9.17, 15) is 9.59 Å². The largest absolute Gasteiger partial charge is 0.489 e. The van der Waals surface area contributed by atoms with Crippen LogP contribution in [0.3, 0.4) is 0 Å². The molecule has 0 unspecified atom stereocenters. The van der Waals surface area contributed by atoms with Gasteiger partial charge in [0.05, 0.1) is 11.1 Å². The van der Waals surface area contributed by atoms with Crippen LogP contribution in [0.15, 0.2) is 85.1 Å². The van der Waals surface area contributed by atoms with Crippen molar-refractivity contribution in [3.8, 4) is 5.75 Å². The third kappa shape index (κ3) is 4.60. The first kappa shape index (κ1) is 22.0. The lowest BCUT2D eigenvalue weighted by Crippen LogP contribution is -2.30. The lowest BCUT2D eigenvalue weighted by Gasteiger charge is -2.13. The summed E-state index contributed by atoms with van der Waals surface area (Å²) in [6.45, 7) is 2.00. The quantitative estimate of drug-likeness (QED) is 0.217. The van der Waals surface area contributed by atoms with Crippen molar-refractivity contribution in [1.82, 2.24) is 9.47 Å². The van der Waals surface area contributed by atoms with Gasteiger partial charge < -0.3 is 9.30 Å². The number of aromatic nitrogens is 1. The molecule has 1 aromatic heterocycles. The number of ether oxygens (including phenoxy) is 1. The summed E-state index contributed by atoms with van der Waals surface area (Å²) >= 11 is 0. The van der Waals surface area contributed by atoms with Crippen LogP contribution in [0.1, 0.15) is 52.0 Å². The summed E-state index contributed by atoms with van der Waals surface area (Å²) in [6, 6.07) is 25.6. The summed E-state index contributed by atoms with van der Waals surface area (Å²) in [4.78, 5) is 26.3. The van der Waals surface area contributed by atoms with E-state index in [2.05, 4.69) is 41.1 Å². The van der Waals surface area contributed by atoms with Crippen LogP contribution in [0, 0.1) is 0 Å². The monoisotopic (exact) mass is 452 g/mol. The Morgan fingerprint density at radius 2 is 1.35 bits per heavy atom. The minimum absolute atomic E-state index is 0.161. The van der Waals surface area contributed by atoms with E-state index in [0.29, 0.717) is 24.3 Å². The average molecular weight is 453 g/mol. The van der Waals surface area contributed by atoms with Crippen molar-refractivity contribution in [2.24, 2.45) is 0 Å². The van der Waals surface area contributed by atoms with E-state index < -0.39 is 0 Å². The Morgan fingerprint density at radius 1 is 0.676 bits per heavy atom. The van der Waals surface area contributed by atoms with Gasteiger partial charge in [-0.05, 0) is 54.8 Å². The fraction of sp³-hybridized carbons (Fsp3) is 0.241. The van der Waals surface area contributed by atoms with E-state index in [1.54, 1.807) is 24.3 Å². The summed E-state index contributed by atoms with van der Waals surface area (Å²) in [7, 11) is 0. The molecule has 4 aromatic rings. The number of nitrogens with zero attached hydrogens (tertiary/aromatic N) is 2. The fourth-order valence-corrected chi connectivity index (χ4v) is 4.55. The molecule has 0 fully saturated rings. The Balaban J connectivity index is 1.07. The number of carbonyl (C=O) groups excluding carboxylic acids is 2. The number of imide groups is 1. The van der Waals surface area contributed by atoms with Crippen LogP contribution in [0.5, 0.6) is 5.75 Å². The summed E-state index contributed by atoms with van der Waals surface area (Å²) < 4.78 is 8.23. The molecule has 34 heavy (non-hydrogen) atoms. The molecule has 5 rings (SSSR count). The van der Waals surface area contributed by atoms with Gasteiger partial charge in [0.25, 0.3) is 11.8 Å². The van der Waals surface area contributed by atoms with Crippen LogP contribution in [0.25, 0.3) is 10.9 Å². The Kier molecular flexibility index (Phi) is 6.43. The number of rotatable bonds is 10. The molecule has 0 aliphatic carbocycles. The SMILES string of the molecule is O=C1c2ccccc2C(=O)N1CCCCCCn1ccc2cc(OCc3ccccc3)ccc21. The lowest BCUT2D eigenvalue weighted by molar-refractivity contribution is 0.0651. The Bertz CT molecular complexity index is 1270. The number of hydrogen-bond donors (Lipinski definition) is 0. The molecule has 0 saturated carbocycles. The number of unbranched alkanes of at least 4 members (excludes halogenated alkanes) is 3. The Hall–Kier alpha value is -3.86. The van der Waals surface area contributed by atoms with Crippen molar-refractivity contribution in [3.05, 3.63) is 102 Å². The minimum Gasteiger partial charge on any atom is -0.489 e. The number of fused-ring (bicyclic) bond motifs is 2. The maximum atomic E-state index is 12.4. The number of benzene rings is 3. The predicted octanol–water partition coefficient (Wildman–Crippen LogP) is 6.08. The molecule has 5 heteroatoms. The van der Waals surface area contributed by atoms with Gasteiger partial charge in [0, 0.05) is 30.2 Å². The van der Waals surface area contributed by atoms with Crippen LogP contribution < -0.4 is 4.74 Å². The maximum absolute atomic E-state index is 12.4. The van der Waals surface area contributed by atoms with E-state index in [1.807, 2.05) is 24.3 Å². The third-order valence-electron chi connectivity index (χ3n) is 6.40. The lowest BCUT2D eigenvalue weighted by atomic mass is 10.1. The standard InChI is InChI=1S/C29H28N2O3/c32-28-25-12-6-7-13-26(25)29(33)31(28)18-9-2-1-8-17-30-19-16-23-20-24(14-15-27(23)30)34-21-22-10-4-3-5-11-22/h3-7,10-16,19-20H,1-2,8-9,17-18,21H2. The molecule has 2 heterocycles. The van der Waals surface area contributed by atoms with Gasteiger partial charge in [-0.2, -0.15) is 0 Å². The van der Waals surface area contributed by atoms with E-state index >= 15 is 0 Å². The van der Waals surface area contributed by atoms with Crippen molar-refractivity contribution < 1.29 is 14.3 Å². The molecule has 0 radical (unpaired) electrons. The Labute approximate surface area is 199 Å². The van der Waals surface area contributed by atoms with Crippen molar-refractivity contribution in [1.29, 1.82) is 0 Å². The van der Waals surface area contributed by atoms with Crippen molar-refractivity contribution in [2.75, 3.05) is 6.54 Å². The molecule has 0 N–H and O–H groups in total. The second-order valence-corrected chi connectivity index (χ2v) is 8.73. The first-order valence-electron chi connectivity index (χ1n) is 11.9. The van der Waals surface area contributed by atoms with Gasteiger partial charge in [0.2, 0.25) is 0 Å². The number of aryl methyl sites for hydroxylation is 1. The van der Waals surface area contributed by atoms with E-state index in [0.717, 1.165) is 43.5 Å². The van der Waals surface area contributed by atoms with Crippen LogP contribution in [-0.2, 0) is 13.2 Å². The molecule has 2 amide bonds. The highest BCUT2D eigenvalue weighted by Gasteiger charge is 2.34. The average Bonchev–Trinajstić information content (AvgIpc) is 3.39. The third-order valence-corrected chi connectivity index (χ3v) is 6.40. The van der Waals surface area contributed by atoms with Crippen molar-refractivity contribution in [3.63, 3.8) is 0 Å². The van der Waals surface area contributed by atoms with Crippen molar-refractivity contribution >= 4 is 22.7 Å². The van der Waals surface area contributed by atoms with Crippen molar-refractivity contribution in [2.45, 2.75) is 38.8 Å². The molecule has 1 aliphatic heterocycles. The fourth-order valence-electron chi connectivity index (χ4n) is 4.55. The highest BCUT2D eigenvalue weighted by atomic mass is 16.5. The molecule has 1 aliphatic rings. The molecule has 5 nitrogen and oxygen atoms in total. The normalized spacial score (nSPS) is 13.0. The maximum Gasteiger partial charge on any atom is 0.261 e. The van der Waals surface area contributed by atoms with Gasteiger partial charge in [0.1, 0.15) is 12.4 Å². The molecule has 0 atom stereocenters. The molecule has 0 bridgehead atoms. The highest BCUT2D eigenvalue weighted by Crippen LogP contribution is 2.24. The van der Waals surface area contributed by atoms with Gasteiger partial charge in [-0.1, -0.05) is 55.3 Å². The van der Waals surface area contributed by atoms with Crippen LogP contribution in [0.4, 0.5) is 0 Å². The zero-order valence-electron chi connectivity index (χ0n) is 19.2.